The van der Waals surface area contributed by atoms with Crippen molar-refractivity contribution in [1.82, 2.24) is 0 Å². The second-order valence-electron chi connectivity index (χ2n) is 1.91. The largest absolute Gasteiger partial charge is 0.246 e. The molecule has 10 heavy (non-hydrogen) atoms. The molecule has 0 saturated carbocycles. The van der Waals surface area contributed by atoms with E-state index in [4.69, 9.17) is 11.6 Å². The molecule has 0 aliphatic heterocycles. The second-order valence-corrected chi connectivity index (χ2v) is 2.35. The summed E-state index contributed by atoms with van der Waals surface area (Å²) in [4.78, 5) is 0. The normalized spacial score (nSPS) is 9.90. The van der Waals surface area contributed by atoms with Gasteiger partial charge in [0.25, 0.3) is 0 Å². The minimum atomic E-state index is -0.683. The second kappa shape index (κ2) is 2.97. The Morgan fingerprint density at radius 2 is 2.00 bits per heavy atom. The summed E-state index contributed by atoms with van der Waals surface area (Å²) >= 11 is 5.42. The summed E-state index contributed by atoms with van der Waals surface area (Å²) in [5.41, 5.74) is 0.269. The van der Waals surface area contributed by atoms with Crippen LogP contribution in [0.4, 0.5) is 8.78 Å². The molecule has 0 bridgehead atoms. The maximum Gasteiger partial charge on any atom is 0.125 e. The Morgan fingerprint density at radius 3 is 2.50 bits per heavy atom. The van der Waals surface area contributed by atoms with Crippen LogP contribution in [0.15, 0.2) is 18.2 Å². The van der Waals surface area contributed by atoms with Crippen LogP contribution >= 0.6 is 11.6 Å². The molecule has 0 N–H and O–H groups in total. The smallest absolute Gasteiger partial charge is 0.125 e. The molecule has 1 rings (SSSR count). The number of hydrogen-bond donors (Lipinski definition) is 0. The molecule has 3 heteroatoms. The molecule has 0 atom stereocenters. The first-order chi connectivity index (χ1) is 4.72. The lowest BCUT2D eigenvalue weighted by atomic mass is 10.2. The van der Waals surface area contributed by atoms with Gasteiger partial charge in [0.2, 0.25) is 0 Å². The molecule has 1 aromatic rings. The Kier molecular flexibility index (Phi) is 2.22. The van der Waals surface area contributed by atoms with Crippen LogP contribution in [0.2, 0.25) is 5.02 Å². The molecule has 0 nitrogen and oxygen atoms in total. The van der Waals surface area contributed by atoms with Gasteiger partial charge in [-0.3, -0.25) is 0 Å². The van der Waals surface area contributed by atoms with Gasteiger partial charge in [-0.2, -0.15) is 0 Å². The summed E-state index contributed by atoms with van der Waals surface area (Å²) in [6.07, 6.45) is 0. The molecule has 0 unspecified atom stereocenters. The maximum atomic E-state index is 12.4. The van der Waals surface area contributed by atoms with Gasteiger partial charge < -0.3 is 0 Å². The van der Waals surface area contributed by atoms with Crippen molar-refractivity contribution in [3.8, 4) is 0 Å². The fourth-order valence-corrected chi connectivity index (χ4v) is 0.932. The molecule has 0 aliphatic rings. The van der Waals surface area contributed by atoms with Crippen molar-refractivity contribution < 1.29 is 8.78 Å². The standard InChI is InChI=1S/C7H5ClF2/c8-6-1-5(4-9)2-7(10)3-6/h1-3H,4H2. The molecule has 0 aromatic heterocycles. The van der Waals surface area contributed by atoms with E-state index in [0.717, 1.165) is 12.1 Å². The van der Waals surface area contributed by atoms with Crippen LogP contribution < -0.4 is 0 Å². The van der Waals surface area contributed by atoms with E-state index in [9.17, 15) is 8.78 Å². The van der Waals surface area contributed by atoms with Crippen LogP contribution in [0.25, 0.3) is 0 Å². The highest BCUT2D eigenvalue weighted by Crippen LogP contribution is 2.14. The third kappa shape index (κ3) is 1.67. The van der Waals surface area contributed by atoms with Crippen LogP contribution in [0.3, 0.4) is 0 Å². The van der Waals surface area contributed by atoms with Gasteiger partial charge in [-0.05, 0) is 23.8 Å². The number of rotatable bonds is 1. The van der Waals surface area contributed by atoms with Gasteiger partial charge >= 0.3 is 0 Å². The van der Waals surface area contributed by atoms with Gasteiger partial charge in [0.05, 0.1) is 0 Å². The summed E-state index contributed by atoms with van der Waals surface area (Å²) in [5, 5.41) is 0.229. The van der Waals surface area contributed by atoms with E-state index in [0.29, 0.717) is 0 Å². The average Bonchev–Trinajstić information content (AvgIpc) is 1.85. The van der Waals surface area contributed by atoms with Crippen LogP contribution in [0, 0.1) is 5.82 Å². The van der Waals surface area contributed by atoms with Crippen molar-refractivity contribution in [3.05, 3.63) is 34.6 Å². The van der Waals surface area contributed by atoms with Crippen LogP contribution in [-0.4, -0.2) is 0 Å². The molecule has 0 radical (unpaired) electrons. The Hall–Kier alpha value is -0.630. The Labute approximate surface area is 62.4 Å². The molecule has 0 heterocycles. The highest BCUT2D eigenvalue weighted by Gasteiger charge is 1.97. The third-order valence-corrected chi connectivity index (χ3v) is 1.29. The van der Waals surface area contributed by atoms with Crippen molar-refractivity contribution in [3.63, 3.8) is 0 Å². The first-order valence-corrected chi connectivity index (χ1v) is 3.11. The first-order valence-electron chi connectivity index (χ1n) is 2.73. The highest BCUT2D eigenvalue weighted by molar-refractivity contribution is 6.30. The number of alkyl halides is 1. The van der Waals surface area contributed by atoms with Crippen molar-refractivity contribution in [1.29, 1.82) is 0 Å². The van der Waals surface area contributed by atoms with Gasteiger partial charge in [0.15, 0.2) is 0 Å². The minimum absolute atomic E-state index is 0.229. The predicted molar refractivity (Wildman–Crippen MR) is 36.2 cm³/mol. The first kappa shape index (κ1) is 7.48. The lowest BCUT2D eigenvalue weighted by molar-refractivity contribution is 0.482. The molecule has 0 aliphatic carbocycles. The average molecular weight is 163 g/mol. The monoisotopic (exact) mass is 162 g/mol. The summed E-state index contributed by atoms with van der Waals surface area (Å²) < 4.78 is 24.2. The SMILES string of the molecule is FCc1cc(F)cc(Cl)c1. The van der Waals surface area contributed by atoms with E-state index >= 15 is 0 Å². The van der Waals surface area contributed by atoms with Crippen molar-refractivity contribution in [2.24, 2.45) is 0 Å². The fraction of sp³-hybridized carbons (Fsp3) is 0.143. The molecular formula is C7H5ClF2. The third-order valence-electron chi connectivity index (χ3n) is 1.08. The van der Waals surface area contributed by atoms with Gasteiger partial charge in [0.1, 0.15) is 12.5 Å². The van der Waals surface area contributed by atoms with E-state index in [1.807, 2.05) is 0 Å². The number of hydrogen-bond acceptors (Lipinski definition) is 0. The van der Waals surface area contributed by atoms with E-state index < -0.39 is 12.5 Å². The lowest BCUT2D eigenvalue weighted by Crippen LogP contribution is -1.80. The molecule has 54 valence electrons. The molecular weight excluding hydrogens is 158 g/mol. The van der Waals surface area contributed by atoms with Crippen molar-refractivity contribution in [2.45, 2.75) is 6.67 Å². The van der Waals surface area contributed by atoms with Gasteiger partial charge in [0, 0.05) is 5.02 Å². The zero-order chi connectivity index (χ0) is 7.56. The molecule has 0 spiro atoms. The van der Waals surface area contributed by atoms with Crippen LogP contribution in [0.1, 0.15) is 5.56 Å². The molecule has 0 saturated heterocycles. The Morgan fingerprint density at radius 1 is 1.30 bits per heavy atom. The number of halogens is 3. The predicted octanol–water partition coefficient (Wildman–Crippen LogP) is 2.95. The van der Waals surface area contributed by atoms with Crippen LogP contribution in [-0.2, 0) is 6.67 Å². The quantitative estimate of drug-likeness (QED) is 0.596. The topological polar surface area (TPSA) is 0 Å². The lowest BCUT2D eigenvalue weighted by Gasteiger charge is -1.94. The summed E-state index contributed by atoms with van der Waals surface area (Å²) in [6, 6.07) is 3.65. The van der Waals surface area contributed by atoms with E-state index in [1.165, 1.54) is 6.07 Å². The van der Waals surface area contributed by atoms with E-state index in [1.54, 1.807) is 0 Å². The van der Waals surface area contributed by atoms with E-state index in [-0.39, 0.29) is 10.6 Å². The number of benzene rings is 1. The van der Waals surface area contributed by atoms with Crippen molar-refractivity contribution in [2.75, 3.05) is 0 Å². The maximum absolute atomic E-state index is 12.4. The summed E-state index contributed by atoms with van der Waals surface area (Å²) in [6.45, 7) is -0.683. The highest BCUT2D eigenvalue weighted by atomic mass is 35.5. The van der Waals surface area contributed by atoms with Gasteiger partial charge in [-0.1, -0.05) is 11.6 Å². The Balaban J connectivity index is 3.06. The summed E-state index contributed by atoms with van der Waals surface area (Å²) in [7, 11) is 0. The van der Waals surface area contributed by atoms with Gasteiger partial charge in [-0.15, -0.1) is 0 Å². The van der Waals surface area contributed by atoms with Gasteiger partial charge in [-0.25, -0.2) is 8.78 Å². The fourth-order valence-electron chi connectivity index (χ4n) is 0.688. The minimum Gasteiger partial charge on any atom is -0.246 e. The van der Waals surface area contributed by atoms with E-state index in [2.05, 4.69) is 0 Å². The molecule has 0 amide bonds. The van der Waals surface area contributed by atoms with Crippen LogP contribution in [0.5, 0.6) is 0 Å². The molecule has 1 aromatic carbocycles. The van der Waals surface area contributed by atoms with Crippen molar-refractivity contribution >= 4 is 11.6 Å². The zero-order valence-electron chi connectivity index (χ0n) is 5.07. The summed E-state index contributed by atoms with van der Waals surface area (Å²) in [5.74, 6) is -0.500. The molecule has 0 fully saturated rings. The zero-order valence-corrected chi connectivity index (χ0v) is 5.83. The Bertz CT molecular complexity index is 215.